The molecule has 2 nitrogen and oxygen atoms in total. The van der Waals surface area contributed by atoms with E-state index in [4.69, 9.17) is 4.74 Å². The molecular weight excluding hydrogens is 347 g/mol. The quantitative estimate of drug-likeness (QED) is 0.710. The first-order valence-electron chi connectivity index (χ1n) is 6.81. The van der Waals surface area contributed by atoms with Crippen LogP contribution in [0.2, 0.25) is 0 Å². The fraction of sp³-hybridized carbons (Fsp3) is 0.600. The number of rotatable bonds is 2. The number of benzene rings is 1. The molecule has 0 amide bonds. The van der Waals surface area contributed by atoms with E-state index in [-0.39, 0.29) is 11.8 Å². The molecule has 0 N–H and O–H groups in total. The molecule has 1 aliphatic heterocycles. The molecule has 0 spiro atoms. The standard InChI is InChI=1S/C15H19BrF3NO/c1-10-8-20(9-14(2,3)21-10)13-5-4-11(7-16)6-12(13)15(17,18)19/h4-6,10H,7-9H2,1-3H3. The van der Waals surface area contributed by atoms with Crippen LogP contribution in [0.1, 0.15) is 31.9 Å². The number of halogens is 4. The zero-order chi connectivity index (χ0) is 15.8. The predicted octanol–water partition coefficient (Wildman–Crippen LogP) is 4.60. The fourth-order valence-corrected chi connectivity index (χ4v) is 3.16. The van der Waals surface area contributed by atoms with Crippen molar-refractivity contribution in [1.82, 2.24) is 0 Å². The van der Waals surface area contributed by atoms with Crippen LogP contribution in [0.3, 0.4) is 0 Å². The van der Waals surface area contributed by atoms with Crippen molar-refractivity contribution in [1.29, 1.82) is 0 Å². The third-order valence-corrected chi connectivity index (χ3v) is 4.08. The van der Waals surface area contributed by atoms with E-state index in [1.165, 1.54) is 6.07 Å². The monoisotopic (exact) mass is 365 g/mol. The van der Waals surface area contributed by atoms with Crippen molar-refractivity contribution in [3.63, 3.8) is 0 Å². The first kappa shape index (κ1) is 16.6. The average Bonchev–Trinajstić information content (AvgIpc) is 2.34. The van der Waals surface area contributed by atoms with Crippen molar-refractivity contribution >= 4 is 21.6 Å². The molecule has 1 heterocycles. The second-order valence-electron chi connectivity index (χ2n) is 6.05. The molecule has 1 fully saturated rings. The number of hydrogen-bond acceptors (Lipinski definition) is 2. The van der Waals surface area contributed by atoms with Gasteiger partial charge in [-0.1, -0.05) is 22.0 Å². The molecule has 0 saturated carbocycles. The highest BCUT2D eigenvalue weighted by molar-refractivity contribution is 9.08. The number of nitrogens with zero attached hydrogens (tertiary/aromatic N) is 1. The Balaban J connectivity index is 2.43. The molecule has 118 valence electrons. The van der Waals surface area contributed by atoms with E-state index in [9.17, 15) is 13.2 Å². The number of alkyl halides is 4. The van der Waals surface area contributed by atoms with Gasteiger partial charge in [0.15, 0.2) is 0 Å². The molecule has 1 aliphatic rings. The minimum absolute atomic E-state index is 0.106. The molecular formula is C15H19BrF3NO. The Hall–Kier alpha value is -0.750. The Morgan fingerprint density at radius 3 is 2.57 bits per heavy atom. The first-order valence-corrected chi connectivity index (χ1v) is 7.93. The lowest BCUT2D eigenvalue weighted by molar-refractivity contribution is -0.137. The summed E-state index contributed by atoms with van der Waals surface area (Å²) in [6.07, 6.45) is -4.47. The Kier molecular flexibility index (Phi) is 4.59. The molecule has 1 saturated heterocycles. The summed E-state index contributed by atoms with van der Waals surface area (Å²) >= 11 is 3.21. The largest absolute Gasteiger partial charge is 0.418 e. The van der Waals surface area contributed by atoms with Gasteiger partial charge in [0, 0.05) is 24.1 Å². The molecule has 0 bridgehead atoms. The van der Waals surface area contributed by atoms with Gasteiger partial charge in [0.05, 0.1) is 17.3 Å². The predicted molar refractivity (Wildman–Crippen MR) is 80.9 cm³/mol. The smallest absolute Gasteiger partial charge is 0.369 e. The summed E-state index contributed by atoms with van der Waals surface area (Å²) in [6.45, 7) is 6.58. The number of ether oxygens (including phenoxy) is 1. The van der Waals surface area contributed by atoms with Crippen LogP contribution in [0.4, 0.5) is 18.9 Å². The van der Waals surface area contributed by atoms with Crippen molar-refractivity contribution in [3.8, 4) is 0 Å². The number of anilines is 1. The Morgan fingerprint density at radius 2 is 2.05 bits per heavy atom. The molecule has 0 aliphatic carbocycles. The third-order valence-electron chi connectivity index (χ3n) is 3.43. The van der Waals surface area contributed by atoms with Gasteiger partial charge in [0.1, 0.15) is 0 Å². The number of hydrogen-bond donors (Lipinski definition) is 0. The Labute approximate surface area is 131 Å². The summed E-state index contributed by atoms with van der Waals surface area (Å²) in [5.41, 5.74) is -0.194. The molecule has 2 rings (SSSR count). The average molecular weight is 366 g/mol. The topological polar surface area (TPSA) is 12.5 Å². The lowest BCUT2D eigenvalue weighted by Crippen LogP contribution is -2.52. The summed E-state index contributed by atoms with van der Waals surface area (Å²) in [5.74, 6) is 0. The van der Waals surface area contributed by atoms with Gasteiger partial charge in [-0.15, -0.1) is 0 Å². The summed E-state index contributed by atoms with van der Waals surface area (Å²) in [4.78, 5) is 1.77. The highest BCUT2D eigenvalue weighted by atomic mass is 79.9. The van der Waals surface area contributed by atoms with Gasteiger partial charge in [-0.05, 0) is 38.5 Å². The van der Waals surface area contributed by atoms with E-state index in [1.54, 1.807) is 17.0 Å². The van der Waals surface area contributed by atoms with E-state index in [0.717, 1.165) is 0 Å². The summed E-state index contributed by atoms with van der Waals surface area (Å²) in [7, 11) is 0. The van der Waals surface area contributed by atoms with Crippen LogP contribution in [-0.4, -0.2) is 24.8 Å². The van der Waals surface area contributed by atoms with Gasteiger partial charge in [0.25, 0.3) is 0 Å². The van der Waals surface area contributed by atoms with E-state index >= 15 is 0 Å². The van der Waals surface area contributed by atoms with Crippen LogP contribution >= 0.6 is 15.9 Å². The Bertz CT molecular complexity index is 516. The van der Waals surface area contributed by atoms with E-state index < -0.39 is 17.3 Å². The molecule has 1 aromatic carbocycles. The minimum atomic E-state index is -4.36. The number of morpholine rings is 1. The van der Waals surface area contributed by atoms with Crippen LogP contribution < -0.4 is 4.90 Å². The molecule has 0 radical (unpaired) electrons. The maximum absolute atomic E-state index is 13.3. The third kappa shape index (κ3) is 3.92. The summed E-state index contributed by atoms with van der Waals surface area (Å²) in [6, 6.07) is 4.51. The van der Waals surface area contributed by atoms with Crippen LogP contribution in [0, 0.1) is 0 Å². The minimum Gasteiger partial charge on any atom is -0.369 e. The molecule has 1 aromatic rings. The van der Waals surface area contributed by atoms with Crippen molar-refractivity contribution in [2.45, 2.75) is 44.0 Å². The maximum atomic E-state index is 13.3. The lowest BCUT2D eigenvalue weighted by Gasteiger charge is -2.43. The lowest BCUT2D eigenvalue weighted by atomic mass is 10.0. The van der Waals surface area contributed by atoms with Crippen LogP contribution in [0.15, 0.2) is 18.2 Å². The van der Waals surface area contributed by atoms with Gasteiger partial charge < -0.3 is 9.64 Å². The second-order valence-corrected chi connectivity index (χ2v) is 6.61. The van der Waals surface area contributed by atoms with E-state index in [2.05, 4.69) is 15.9 Å². The zero-order valence-electron chi connectivity index (χ0n) is 12.3. The van der Waals surface area contributed by atoms with Gasteiger partial charge in [0.2, 0.25) is 0 Å². The SMILES string of the molecule is CC1CN(c2ccc(CBr)cc2C(F)(F)F)CC(C)(C)O1. The van der Waals surface area contributed by atoms with Gasteiger partial charge in [-0.25, -0.2) is 0 Å². The van der Waals surface area contributed by atoms with Gasteiger partial charge in [-0.3, -0.25) is 0 Å². The van der Waals surface area contributed by atoms with E-state index in [0.29, 0.717) is 24.0 Å². The zero-order valence-corrected chi connectivity index (χ0v) is 13.9. The summed E-state index contributed by atoms with van der Waals surface area (Å²) in [5, 5.41) is 0.404. The van der Waals surface area contributed by atoms with Crippen molar-refractivity contribution in [3.05, 3.63) is 29.3 Å². The maximum Gasteiger partial charge on any atom is 0.418 e. The molecule has 21 heavy (non-hydrogen) atoms. The summed E-state index contributed by atoms with van der Waals surface area (Å²) < 4.78 is 45.8. The molecule has 6 heteroatoms. The van der Waals surface area contributed by atoms with Gasteiger partial charge in [-0.2, -0.15) is 13.2 Å². The fourth-order valence-electron chi connectivity index (χ4n) is 2.81. The van der Waals surface area contributed by atoms with Crippen molar-refractivity contribution in [2.24, 2.45) is 0 Å². The highest BCUT2D eigenvalue weighted by Gasteiger charge is 2.38. The second kappa shape index (κ2) is 5.80. The van der Waals surface area contributed by atoms with E-state index in [1.807, 2.05) is 20.8 Å². The van der Waals surface area contributed by atoms with Gasteiger partial charge >= 0.3 is 6.18 Å². The normalized spacial score (nSPS) is 22.4. The van der Waals surface area contributed by atoms with Crippen molar-refractivity contribution in [2.75, 3.05) is 18.0 Å². The Morgan fingerprint density at radius 1 is 1.38 bits per heavy atom. The van der Waals surface area contributed by atoms with Crippen LogP contribution in [-0.2, 0) is 16.2 Å². The van der Waals surface area contributed by atoms with Crippen LogP contribution in [0.5, 0.6) is 0 Å². The molecule has 1 unspecified atom stereocenters. The first-order chi connectivity index (χ1) is 9.62. The van der Waals surface area contributed by atoms with Crippen LogP contribution in [0.25, 0.3) is 0 Å². The molecule has 0 aromatic heterocycles. The highest BCUT2D eigenvalue weighted by Crippen LogP contribution is 2.39. The van der Waals surface area contributed by atoms with Crippen molar-refractivity contribution < 1.29 is 17.9 Å². The molecule has 1 atom stereocenters.